The van der Waals surface area contributed by atoms with Crippen LogP contribution in [0.5, 0.6) is 0 Å². The van der Waals surface area contributed by atoms with Crippen LogP contribution in [0.4, 0.5) is 0 Å². The fourth-order valence-corrected chi connectivity index (χ4v) is 3.25. The van der Waals surface area contributed by atoms with Crippen molar-refractivity contribution in [2.24, 2.45) is 5.73 Å². The zero-order chi connectivity index (χ0) is 14.6. The molecule has 4 heteroatoms. The number of nitrogens with two attached hydrogens (primary N) is 1. The van der Waals surface area contributed by atoms with Crippen molar-refractivity contribution in [2.75, 3.05) is 13.1 Å². The lowest BCUT2D eigenvalue weighted by molar-refractivity contribution is -0.124. The van der Waals surface area contributed by atoms with Crippen molar-refractivity contribution in [2.45, 2.75) is 82.8 Å². The Bertz CT molecular complexity index is 330. The van der Waals surface area contributed by atoms with Gasteiger partial charge in [0.2, 0.25) is 5.91 Å². The summed E-state index contributed by atoms with van der Waals surface area (Å²) in [6, 6.07) is 1.21. The molecule has 1 heterocycles. The summed E-state index contributed by atoms with van der Waals surface area (Å²) < 4.78 is 0. The van der Waals surface area contributed by atoms with E-state index < -0.39 is 5.54 Å². The van der Waals surface area contributed by atoms with Gasteiger partial charge in [0.25, 0.3) is 0 Å². The SMILES string of the molecule is CC1CCCCCN1CCCC(C)(NC1CC1)C(N)=O. The van der Waals surface area contributed by atoms with E-state index in [9.17, 15) is 4.79 Å². The molecule has 1 saturated carbocycles. The molecule has 0 spiro atoms. The van der Waals surface area contributed by atoms with Crippen molar-refractivity contribution in [3.63, 3.8) is 0 Å². The van der Waals surface area contributed by atoms with E-state index in [4.69, 9.17) is 5.73 Å². The summed E-state index contributed by atoms with van der Waals surface area (Å²) in [5.74, 6) is -0.201. The van der Waals surface area contributed by atoms with Gasteiger partial charge in [-0.3, -0.25) is 4.79 Å². The number of amides is 1. The predicted molar refractivity (Wildman–Crippen MR) is 82.5 cm³/mol. The van der Waals surface area contributed by atoms with Crippen LogP contribution in [0.3, 0.4) is 0 Å². The second-order valence-corrected chi connectivity index (χ2v) is 6.95. The molecule has 3 N–H and O–H groups in total. The molecule has 0 bridgehead atoms. The maximum atomic E-state index is 11.7. The van der Waals surface area contributed by atoms with Gasteiger partial charge >= 0.3 is 0 Å². The Morgan fingerprint density at radius 1 is 1.30 bits per heavy atom. The number of nitrogens with zero attached hydrogens (tertiary/aromatic N) is 1. The first-order chi connectivity index (χ1) is 9.51. The van der Waals surface area contributed by atoms with Gasteiger partial charge in [0.1, 0.15) is 0 Å². The monoisotopic (exact) mass is 281 g/mol. The van der Waals surface area contributed by atoms with Gasteiger partial charge in [0.05, 0.1) is 5.54 Å². The van der Waals surface area contributed by atoms with E-state index in [0.717, 1.165) is 19.4 Å². The molecule has 20 heavy (non-hydrogen) atoms. The van der Waals surface area contributed by atoms with Crippen molar-refractivity contribution < 1.29 is 4.79 Å². The molecule has 2 atom stereocenters. The van der Waals surface area contributed by atoms with Crippen LogP contribution < -0.4 is 11.1 Å². The van der Waals surface area contributed by atoms with Crippen LogP contribution in [-0.2, 0) is 4.79 Å². The molecule has 0 aromatic carbocycles. The molecular formula is C16H31N3O. The van der Waals surface area contributed by atoms with Crippen molar-refractivity contribution in [3.8, 4) is 0 Å². The molecule has 116 valence electrons. The minimum Gasteiger partial charge on any atom is -0.368 e. The number of rotatable bonds is 7. The summed E-state index contributed by atoms with van der Waals surface area (Å²) in [4.78, 5) is 14.3. The lowest BCUT2D eigenvalue weighted by Crippen LogP contribution is -2.54. The second kappa shape index (κ2) is 6.90. The van der Waals surface area contributed by atoms with Crippen molar-refractivity contribution in [1.29, 1.82) is 0 Å². The standard InChI is InChI=1S/C16H31N3O/c1-13-7-4-3-5-11-19(13)12-6-10-16(2,15(17)20)18-14-8-9-14/h13-14,18H,3-12H2,1-2H3,(H2,17,20). The van der Waals surface area contributed by atoms with Crippen molar-refractivity contribution in [1.82, 2.24) is 10.2 Å². The summed E-state index contributed by atoms with van der Waals surface area (Å²) >= 11 is 0. The van der Waals surface area contributed by atoms with Crippen LogP contribution in [0.2, 0.25) is 0 Å². The van der Waals surface area contributed by atoms with E-state index in [0.29, 0.717) is 12.1 Å². The molecule has 0 aromatic heterocycles. The highest BCUT2D eigenvalue weighted by atomic mass is 16.1. The highest BCUT2D eigenvalue weighted by Gasteiger charge is 2.36. The first-order valence-electron chi connectivity index (χ1n) is 8.33. The van der Waals surface area contributed by atoms with Crippen LogP contribution in [-0.4, -0.2) is 41.5 Å². The summed E-state index contributed by atoms with van der Waals surface area (Å²) in [5, 5.41) is 3.44. The molecular weight excluding hydrogens is 250 g/mol. The maximum absolute atomic E-state index is 11.7. The summed E-state index contributed by atoms with van der Waals surface area (Å²) in [6.45, 7) is 6.61. The molecule has 4 nitrogen and oxygen atoms in total. The van der Waals surface area contributed by atoms with Gasteiger partial charge in [-0.1, -0.05) is 12.8 Å². The topological polar surface area (TPSA) is 58.4 Å². The summed E-state index contributed by atoms with van der Waals surface area (Å²) in [7, 11) is 0. The molecule has 2 aliphatic rings. The Morgan fingerprint density at radius 3 is 2.70 bits per heavy atom. The first kappa shape index (κ1) is 15.8. The van der Waals surface area contributed by atoms with Gasteiger partial charge in [0, 0.05) is 12.1 Å². The molecule has 2 rings (SSSR count). The zero-order valence-corrected chi connectivity index (χ0v) is 13.2. The molecule has 0 aromatic rings. The minimum absolute atomic E-state index is 0.201. The van der Waals surface area contributed by atoms with E-state index in [1.54, 1.807) is 0 Å². The number of carbonyl (C=O) groups is 1. The normalized spacial score (nSPS) is 27.8. The number of likely N-dealkylation sites (tertiary alicyclic amines) is 1. The molecule has 1 amide bonds. The van der Waals surface area contributed by atoms with Gasteiger partial charge in [0.15, 0.2) is 0 Å². The fourth-order valence-electron chi connectivity index (χ4n) is 3.25. The molecule has 2 unspecified atom stereocenters. The Labute approximate surface area is 123 Å². The Morgan fingerprint density at radius 2 is 2.05 bits per heavy atom. The van der Waals surface area contributed by atoms with Gasteiger partial charge < -0.3 is 16.0 Å². The third-order valence-electron chi connectivity index (χ3n) is 4.96. The van der Waals surface area contributed by atoms with Gasteiger partial charge in [-0.2, -0.15) is 0 Å². The fraction of sp³-hybridized carbons (Fsp3) is 0.938. The quantitative estimate of drug-likeness (QED) is 0.750. The number of hydrogen-bond acceptors (Lipinski definition) is 3. The lowest BCUT2D eigenvalue weighted by Gasteiger charge is -2.31. The smallest absolute Gasteiger partial charge is 0.237 e. The lowest BCUT2D eigenvalue weighted by atomic mass is 9.94. The molecule has 2 fully saturated rings. The average molecular weight is 281 g/mol. The predicted octanol–water partition coefficient (Wildman–Crippen LogP) is 2.03. The largest absolute Gasteiger partial charge is 0.368 e. The first-order valence-corrected chi connectivity index (χ1v) is 8.33. The highest BCUT2D eigenvalue weighted by Crippen LogP contribution is 2.25. The van der Waals surface area contributed by atoms with Crippen molar-refractivity contribution >= 4 is 5.91 Å². The zero-order valence-electron chi connectivity index (χ0n) is 13.2. The van der Waals surface area contributed by atoms with E-state index in [2.05, 4.69) is 17.1 Å². The van der Waals surface area contributed by atoms with Crippen molar-refractivity contribution in [3.05, 3.63) is 0 Å². The number of carbonyl (C=O) groups excluding carboxylic acids is 1. The van der Waals surface area contributed by atoms with Gasteiger partial charge in [-0.15, -0.1) is 0 Å². The average Bonchev–Trinajstić information content (AvgIpc) is 3.20. The molecule has 1 saturated heterocycles. The van der Waals surface area contributed by atoms with E-state index >= 15 is 0 Å². The summed E-state index contributed by atoms with van der Waals surface area (Å²) in [6.07, 6.45) is 9.62. The van der Waals surface area contributed by atoms with Crippen LogP contribution in [0, 0.1) is 0 Å². The summed E-state index contributed by atoms with van der Waals surface area (Å²) in [5.41, 5.74) is 5.09. The third kappa shape index (κ3) is 4.45. The van der Waals surface area contributed by atoms with Crippen LogP contribution in [0.1, 0.15) is 65.2 Å². The maximum Gasteiger partial charge on any atom is 0.237 e. The van der Waals surface area contributed by atoms with E-state index in [1.165, 1.54) is 45.1 Å². The number of primary amides is 1. The van der Waals surface area contributed by atoms with E-state index in [1.807, 2.05) is 6.92 Å². The Kier molecular flexibility index (Phi) is 5.44. The second-order valence-electron chi connectivity index (χ2n) is 6.95. The molecule has 1 aliphatic heterocycles. The molecule has 0 radical (unpaired) electrons. The van der Waals surface area contributed by atoms with Gasteiger partial charge in [-0.25, -0.2) is 0 Å². The Hall–Kier alpha value is -0.610. The highest BCUT2D eigenvalue weighted by molar-refractivity contribution is 5.84. The van der Waals surface area contributed by atoms with Crippen LogP contribution >= 0.6 is 0 Å². The van der Waals surface area contributed by atoms with Crippen LogP contribution in [0.15, 0.2) is 0 Å². The third-order valence-corrected chi connectivity index (χ3v) is 4.96. The van der Waals surface area contributed by atoms with Gasteiger partial charge in [-0.05, 0) is 65.5 Å². The number of nitrogens with one attached hydrogen (secondary N) is 1. The Balaban J connectivity index is 1.78. The van der Waals surface area contributed by atoms with Crippen LogP contribution in [0.25, 0.3) is 0 Å². The molecule has 1 aliphatic carbocycles. The minimum atomic E-state index is -0.518. The van der Waals surface area contributed by atoms with E-state index in [-0.39, 0.29) is 5.91 Å². The number of hydrogen-bond donors (Lipinski definition) is 2.